The number of nitrogens with zero attached hydrogens (tertiary/aromatic N) is 2. The third-order valence-electron chi connectivity index (χ3n) is 4.63. The van der Waals surface area contributed by atoms with E-state index in [9.17, 15) is 4.39 Å². The average Bonchev–Trinajstić information content (AvgIpc) is 2.77. The van der Waals surface area contributed by atoms with Crippen LogP contribution in [0.4, 0.5) is 4.39 Å². The fraction of sp³-hybridized carbons (Fsp3) is 0.588. The zero-order chi connectivity index (χ0) is 15.0. The second-order valence-electron chi connectivity index (χ2n) is 6.35. The Kier molecular flexibility index (Phi) is 4.21. The van der Waals surface area contributed by atoms with Crippen LogP contribution in [0.1, 0.15) is 50.0 Å². The van der Waals surface area contributed by atoms with Gasteiger partial charge in [-0.05, 0) is 37.3 Å². The fourth-order valence-corrected chi connectivity index (χ4v) is 3.74. The summed E-state index contributed by atoms with van der Waals surface area (Å²) in [6, 6.07) is 3.97. The van der Waals surface area contributed by atoms with Crippen molar-refractivity contribution in [3.63, 3.8) is 0 Å². The molecule has 4 heteroatoms. The molecule has 2 nitrogen and oxygen atoms in total. The molecule has 2 unspecified atom stereocenters. The van der Waals surface area contributed by atoms with Gasteiger partial charge in [0.2, 0.25) is 0 Å². The molecule has 1 aliphatic carbocycles. The van der Waals surface area contributed by atoms with E-state index in [0.717, 1.165) is 29.2 Å². The second kappa shape index (κ2) is 5.96. The Morgan fingerprint density at radius 1 is 1.38 bits per heavy atom. The maximum Gasteiger partial charge on any atom is 0.128 e. The summed E-state index contributed by atoms with van der Waals surface area (Å²) < 4.78 is 16.1. The zero-order valence-corrected chi connectivity index (χ0v) is 13.5. The molecule has 2 atom stereocenters. The smallest absolute Gasteiger partial charge is 0.128 e. The molecule has 0 N–H and O–H groups in total. The summed E-state index contributed by atoms with van der Waals surface area (Å²) in [4.78, 5) is 4.64. The summed E-state index contributed by atoms with van der Waals surface area (Å²) in [6.45, 7) is 4.13. The van der Waals surface area contributed by atoms with Gasteiger partial charge in [0.25, 0.3) is 0 Å². The lowest BCUT2D eigenvalue weighted by molar-refractivity contribution is 0.282. The molecule has 1 aromatic heterocycles. The van der Waals surface area contributed by atoms with Gasteiger partial charge in [-0.15, -0.1) is 11.6 Å². The van der Waals surface area contributed by atoms with Gasteiger partial charge in [0.1, 0.15) is 11.6 Å². The van der Waals surface area contributed by atoms with Crippen LogP contribution in [0.15, 0.2) is 12.1 Å². The first-order valence-electron chi connectivity index (χ1n) is 7.83. The predicted octanol–water partition coefficient (Wildman–Crippen LogP) is 5.02. The highest BCUT2D eigenvalue weighted by atomic mass is 35.5. The third kappa shape index (κ3) is 2.80. The number of halogens is 2. The van der Waals surface area contributed by atoms with E-state index < -0.39 is 0 Å². The normalized spacial score (nSPS) is 22.9. The van der Waals surface area contributed by atoms with Gasteiger partial charge in [0.15, 0.2) is 0 Å². The number of hydrogen-bond donors (Lipinski definition) is 0. The number of benzene rings is 1. The molecule has 1 aliphatic rings. The number of fused-ring (bicyclic) bond motifs is 1. The topological polar surface area (TPSA) is 17.8 Å². The van der Waals surface area contributed by atoms with Crippen molar-refractivity contribution in [1.29, 1.82) is 0 Å². The van der Waals surface area contributed by atoms with Crippen LogP contribution >= 0.6 is 11.6 Å². The van der Waals surface area contributed by atoms with E-state index in [2.05, 4.69) is 16.5 Å². The van der Waals surface area contributed by atoms with Crippen molar-refractivity contribution >= 4 is 22.6 Å². The Morgan fingerprint density at radius 2 is 2.19 bits per heavy atom. The number of hydrogen-bond acceptors (Lipinski definition) is 1. The van der Waals surface area contributed by atoms with Gasteiger partial charge in [0.05, 0.1) is 11.0 Å². The molecule has 0 aliphatic heterocycles. The van der Waals surface area contributed by atoms with Crippen molar-refractivity contribution in [2.75, 3.05) is 5.88 Å². The monoisotopic (exact) mass is 308 g/mol. The van der Waals surface area contributed by atoms with E-state index in [1.807, 2.05) is 13.0 Å². The van der Waals surface area contributed by atoms with E-state index in [1.54, 1.807) is 6.07 Å². The van der Waals surface area contributed by atoms with E-state index in [1.165, 1.54) is 25.7 Å². The molecule has 3 rings (SSSR count). The highest BCUT2D eigenvalue weighted by Crippen LogP contribution is 2.36. The first-order valence-corrected chi connectivity index (χ1v) is 8.36. The first kappa shape index (κ1) is 14.8. The van der Waals surface area contributed by atoms with Gasteiger partial charge in [-0.1, -0.05) is 19.8 Å². The summed E-state index contributed by atoms with van der Waals surface area (Å²) in [6.07, 6.45) is 5.66. The zero-order valence-electron chi connectivity index (χ0n) is 12.7. The Morgan fingerprint density at radius 3 is 2.90 bits per heavy atom. The van der Waals surface area contributed by atoms with Gasteiger partial charge >= 0.3 is 0 Å². The van der Waals surface area contributed by atoms with Gasteiger partial charge < -0.3 is 4.57 Å². The molecule has 1 saturated carbocycles. The molecule has 2 aromatic rings. The molecule has 0 saturated heterocycles. The summed E-state index contributed by atoms with van der Waals surface area (Å²) in [7, 11) is 0. The standard InChI is InChI=1S/C17H22ClFN2/c1-11-4-3-5-13(8-11)21-16-9-12(2)14(19)10-15(16)20-17(21)6-7-18/h9-11,13H,3-8H2,1-2H3. The van der Waals surface area contributed by atoms with Crippen LogP contribution < -0.4 is 0 Å². The van der Waals surface area contributed by atoms with Crippen LogP contribution in [0.2, 0.25) is 0 Å². The Hall–Kier alpha value is -1.09. The van der Waals surface area contributed by atoms with Crippen molar-refractivity contribution in [3.05, 3.63) is 29.3 Å². The number of aryl methyl sites for hydroxylation is 2. The molecule has 114 valence electrons. The number of alkyl halides is 1. The fourth-order valence-electron chi connectivity index (χ4n) is 3.58. The van der Waals surface area contributed by atoms with Crippen LogP contribution in [0.25, 0.3) is 11.0 Å². The Bertz CT molecular complexity index is 650. The molecular weight excluding hydrogens is 287 g/mol. The molecule has 0 spiro atoms. The second-order valence-corrected chi connectivity index (χ2v) is 6.73. The lowest BCUT2D eigenvalue weighted by atomic mass is 9.86. The highest BCUT2D eigenvalue weighted by molar-refractivity contribution is 6.17. The van der Waals surface area contributed by atoms with E-state index in [4.69, 9.17) is 11.6 Å². The van der Waals surface area contributed by atoms with Crippen molar-refractivity contribution < 1.29 is 4.39 Å². The van der Waals surface area contributed by atoms with E-state index in [-0.39, 0.29) is 5.82 Å². The molecule has 21 heavy (non-hydrogen) atoms. The third-order valence-corrected chi connectivity index (χ3v) is 4.82. The van der Waals surface area contributed by atoms with Crippen molar-refractivity contribution in [2.45, 2.75) is 52.0 Å². The lowest BCUT2D eigenvalue weighted by Crippen LogP contribution is -2.19. The minimum atomic E-state index is -0.179. The Balaban J connectivity index is 2.12. The van der Waals surface area contributed by atoms with Crippen molar-refractivity contribution in [2.24, 2.45) is 5.92 Å². The molecular formula is C17H22ClFN2. The molecule has 1 aromatic carbocycles. The Labute approximate surface area is 130 Å². The van der Waals surface area contributed by atoms with Gasteiger partial charge in [0, 0.05) is 24.4 Å². The maximum absolute atomic E-state index is 13.8. The summed E-state index contributed by atoms with van der Waals surface area (Å²) >= 11 is 5.94. The molecule has 0 radical (unpaired) electrons. The van der Waals surface area contributed by atoms with Crippen LogP contribution in [-0.4, -0.2) is 15.4 Å². The average molecular weight is 309 g/mol. The van der Waals surface area contributed by atoms with Gasteiger partial charge in [-0.2, -0.15) is 0 Å². The van der Waals surface area contributed by atoms with Crippen LogP contribution in [-0.2, 0) is 6.42 Å². The van der Waals surface area contributed by atoms with Crippen molar-refractivity contribution in [1.82, 2.24) is 9.55 Å². The predicted molar refractivity (Wildman–Crippen MR) is 85.5 cm³/mol. The van der Waals surface area contributed by atoms with Crippen LogP contribution in [0.5, 0.6) is 0 Å². The first-order chi connectivity index (χ1) is 10.1. The highest BCUT2D eigenvalue weighted by Gasteiger charge is 2.24. The summed E-state index contributed by atoms with van der Waals surface area (Å²) in [5.41, 5.74) is 2.51. The van der Waals surface area contributed by atoms with Gasteiger partial charge in [-0.25, -0.2) is 9.37 Å². The molecule has 1 heterocycles. The molecule has 0 bridgehead atoms. The number of imidazole rings is 1. The van der Waals surface area contributed by atoms with Gasteiger partial charge in [-0.3, -0.25) is 0 Å². The SMILES string of the molecule is Cc1cc2c(cc1F)nc(CCCl)n2C1CCCC(C)C1. The lowest BCUT2D eigenvalue weighted by Gasteiger charge is -2.29. The van der Waals surface area contributed by atoms with Crippen molar-refractivity contribution in [3.8, 4) is 0 Å². The van der Waals surface area contributed by atoms with Crippen LogP contribution in [0.3, 0.4) is 0 Å². The largest absolute Gasteiger partial charge is 0.325 e. The van der Waals surface area contributed by atoms with Crippen LogP contribution in [0, 0.1) is 18.7 Å². The quantitative estimate of drug-likeness (QED) is 0.728. The summed E-state index contributed by atoms with van der Waals surface area (Å²) in [5, 5.41) is 0. The number of rotatable bonds is 3. The maximum atomic E-state index is 13.8. The number of aromatic nitrogens is 2. The van der Waals surface area contributed by atoms with E-state index in [0.29, 0.717) is 17.5 Å². The minimum Gasteiger partial charge on any atom is -0.325 e. The summed E-state index contributed by atoms with van der Waals surface area (Å²) in [5.74, 6) is 2.12. The molecule has 0 amide bonds. The molecule has 1 fully saturated rings. The van der Waals surface area contributed by atoms with E-state index >= 15 is 0 Å². The minimum absolute atomic E-state index is 0.179.